The van der Waals surface area contributed by atoms with E-state index >= 15 is 0 Å². The molecule has 8 nitrogen and oxygen atoms in total. The zero-order chi connectivity index (χ0) is 23.4. The van der Waals surface area contributed by atoms with Crippen LogP contribution in [0.1, 0.15) is 32.8 Å². The number of amides is 1. The molecule has 1 saturated heterocycles. The van der Waals surface area contributed by atoms with Crippen LogP contribution in [0.3, 0.4) is 0 Å². The summed E-state index contributed by atoms with van der Waals surface area (Å²) in [6.07, 6.45) is -0.0428. The smallest absolute Gasteiger partial charge is 0.407 e. The summed E-state index contributed by atoms with van der Waals surface area (Å²) < 4.78 is 37.2. The maximum Gasteiger partial charge on any atom is 0.407 e. The summed E-state index contributed by atoms with van der Waals surface area (Å²) in [6, 6.07) is 6.55. The largest absolute Gasteiger partial charge is 0.497 e. The Kier molecular flexibility index (Phi) is 8.54. The van der Waals surface area contributed by atoms with Gasteiger partial charge in [-0.2, -0.15) is 4.31 Å². The van der Waals surface area contributed by atoms with Crippen LogP contribution in [0.5, 0.6) is 5.75 Å². The Hall–Kier alpha value is -1.62. The molecule has 31 heavy (non-hydrogen) atoms. The molecular weight excluding hydrogens is 436 g/mol. The number of likely N-dealkylation sites (tertiary alicyclic amines) is 1. The van der Waals surface area contributed by atoms with Gasteiger partial charge in [0.25, 0.3) is 0 Å². The maximum absolute atomic E-state index is 12.1. The van der Waals surface area contributed by atoms with E-state index in [1.807, 2.05) is 24.3 Å². The number of rotatable bonds is 9. The summed E-state index contributed by atoms with van der Waals surface area (Å²) >= 11 is 0. The van der Waals surface area contributed by atoms with Crippen LogP contribution in [-0.2, 0) is 21.7 Å². The molecule has 1 aromatic carbocycles. The Morgan fingerprint density at radius 3 is 2.35 bits per heavy atom. The van der Waals surface area contributed by atoms with Crippen molar-refractivity contribution in [3.05, 3.63) is 29.8 Å². The first kappa shape index (κ1) is 25.6. The first-order valence-electron chi connectivity index (χ1n) is 10.5. The van der Waals surface area contributed by atoms with Crippen LogP contribution < -0.4 is 4.74 Å². The van der Waals surface area contributed by atoms with E-state index < -0.39 is 37.4 Å². The van der Waals surface area contributed by atoms with E-state index in [4.69, 9.17) is 9.16 Å². The average Bonchev–Trinajstić information content (AvgIpc) is 3.10. The number of methoxy groups -OCH3 is 1. The second-order valence-corrected chi connectivity index (χ2v) is 15.3. The second-order valence-electron chi connectivity index (χ2n) is 9.47. The predicted octanol–water partition coefficient (Wildman–Crippen LogP) is 3.21. The van der Waals surface area contributed by atoms with Crippen LogP contribution in [-0.4, -0.2) is 76.0 Å². The molecular formula is C21H36N2O6SSi. The molecule has 1 heterocycles. The highest BCUT2D eigenvalue weighted by Gasteiger charge is 2.44. The third kappa shape index (κ3) is 6.44. The second kappa shape index (κ2) is 10.3. The Morgan fingerprint density at radius 2 is 1.87 bits per heavy atom. The van der Waals surface area contributed by atoms with Gasteiger partial charge in [0.15, 0.2) is 8.32 Å². The van der Waals surface area contributed by atoms with Gasteiger partial charge < -0.3 is 19.2 Å². The molecule has 1 N–H and O–H groups in total. The van der Waals surface area contributed by atoms with Crippen molar-refractivity contribution < 1.29 is 27.5 Å². The molecule has 2 atom stereocenters. The van der Waals surface area contributed by atoms with Gasteiger partial charge in [0, 0.05) is 19.1 Å². The molecule has 0 unspecified atom stereocenters. The standard InChI is InChI=1S/C21H36N2O6SSi/c1-21(2,3)31(5,6)29-15-19-18(12-13-22(19)20(24)25)23(30(26)27)14-11-16-7-9-17(28-4)10-8-16/h7-10,18-19,30H,11-15H2,1-6H3,(H,24,25)/t18-,19-/m0/s1. The fourth-order valence-electron chi connectivity index (χ4n) is 3.54. The minimum atomic E-state index is -2.86. The lowest BCUT2D eigenvalue weighted by atomic mass is 10.1. The number of hydrogen-bond acceptors (Lipinski definition) is 5. The summed E-state index contributed by atoms with van der Waals surface area (Å²) in [5.74, 6) is 0.742. The minimum absolute atomic E-state index is 0.0209. The lowest BCUT2D eigenvalue weighted by Crippen LogP contribution is -2.52. The van der Waals surface area contributed by atoms with Gasteiger partial charge in [-0.25, -0.2) is 13.2 Å². The zero-order valence-corrected chi connectivity index (χ0v) is 21.2. The molecule has 1 fully saturated rings. The molecule has 0 radical (unpaired) electrons. The molecule has 0 saturated carbocycles. The van der Waals surface area contributed by atoms with Gasteiger partial charge in [-0.15, -0.1) is 0 Å². The van der Waals surface area contributed by atoms with Gasteiger partial charge in [0.2, 0.25) is 10.9 Å². The number of carbonyl (C=O) groups is 1. The van der Waals surface area contributed by atoms with E-state index in [2.05, 4.69) is 33.9 Å². The van der Waals surface area contributed by atoms with E-state index in [-0.39, 0.29) is 11.6 Å². The van der Waals surface area contributed by atoms with Gasteiger partial charge in [-0.3, -0.25) is 0 Å². The van der Waals surface area contributed by atoms with Crippen LogP contribution >= 0.6 is 0 Å². The van der Waals surface area contributed by atoms with Gasteiger partial charge >= 0.3 is 6.09 Å². The summed E-state index contributed by atoms with van der Waals surface area (Å²) in [4.78, 5) is 13.1. The highest BCUT2D eigenvalue weighted by atomic mass is 32.2. The van der Waals surface area contributed by atoms with Crippen molar-refractivity contribution in [2.24, 2.45) is 0 Å². The van der Waals surface area contributed by atoms with Crippen LogP contribution in [0.25, 0.3) is 0 Å². The van der Waals surface area contributed by atoms with Crippen molar-refractivity contribution in [2.75, 3.05) is 26.8 Å². The number of ether oxygens (including phenoxy) is 1. The molecule has 1 amide bonds. The van der Waals surface area contributed by atoms with E-state index in [9.17, 15) is 18.3 Å². The molecule has 0 aliphatic carbocycles. The van der Waals surface area contributed by atoms with Crippen LogP contribution in [0.2, 0.25) is 18.1 Å². The fraction of sp³-hybridized carbons (Fsp3) is 0.667. The van der Waals surface area contributed by atoms with Crippen molar-refractivity contribution in [3.63, 3.8) is 0 Å². The summed E-state index contributed by atoms with van der Waals surface area (Å²) in [7, 11) is -3.38. The van der Waals surface area contributed by atoms with E-state index in [1.165, 1.54) is 9.21 Å². The molecule has 0 aromatic heterocycles. The minimum Gasteiger partial charge on any atom is -0.497 e. The number of thiol groups is 1. The summed E-state index contributed by atoms with van der Waals surface area (Å²) in [5.41, 5.74) is 0.991. The molecule has 10 heteroatoms. The quantitative estimate of drug-likeness (QED) is 0.423. The third-order valence-corrected chi connectivity index (χ3v) is 12.0. The number of nitrogens with zero attached hydrogens (tertiary/aromatic N) is 2. The molecule has 176 valence electrons. The van der Waals surface area contributed by atoms with Crippen molar-refractivity contribution in [2.45, 2.75) is 63.8 Å². The third-order valence-electron chi connectivity index (χ3n) is 6.56. The van der Waals surface area contributed by atoms with Gasteiger partial charge in [-0.1, -0.05) is 32.9 Å². The van der Waals surface area contributed by atoms with Crippen LogP contribution in [0, 0.1) is 0 Å². The van der Waals surface area contributed by atoms with Crippen molar-refractivity contribution in [1.29, 1.82) is 0 Å². The Labute approximate surface area is 188 Å². The van der Waals surface area contributed by atoms with E-state index in [1.54, 1.807) is 7.11 Å². The molecule has 1 aliphatic rings. The summed E-state index contributed by atoms with van der Waals surface area (Å²) in [5, 5.41) is 9.65. The topological polar surface area (TPSA) is 96.4 Å². The van der Waals surface area contributed by atoms with Crippen LogP contribution in [0.4, 0.5) is 4.79 Å². The first-order chi connectivity index (χ1) is 14.4. The number of hydrogen-bond donors (Lipinski definition) is 2. The van der Waals surface area contributed by atoms with Gasteiger partial charge in [-0.05, 0) is 48.7 Å². The first-order valence-corrected chi connectivity index (χ1v) is 14.6. The zero-order valence-electron chi connectivity index (χ0n) is 19.3. The highest BCUT2D eigenvalue weighted by molar-refractivity contribution is 7.69. The molecule has 0 spiro atoms. The van der Waals surface area contributed by atoms with Crippen molar-refractivity contribution in [1.82, 2.24) is 9.21 Å². The van der Waals surface area contributed by atoms with Crippen molar-refractivity contribution in [3.8, 4) is 5.75 Å². The normalized spacial score (nSPS) is 19.9. The molecule has 0 bridgehead atoms. The molecule has 1 aliphatic heterocycles. The predicted molar refractivity (Wildman–Crippen MR) is 124 cm³/mol. The lowest BCUT2D eigenvalue weighted by Gasteiger charge is -2.39. The van der Waals surface area contributed by atoms with Gasteiger partial charge in [0.05, 0.1) is 19.8 Å². The monoisotopic (exact) mass is 472 g/mol. The Bertz CT molecular complexity index is 814. The van der Waals surface area contributed by atoms with E-state index in [0.29, 0.717) is 25.9 Å². The molecule has 1 aromatic rings. The Morgan fingerprint density at radius 1 is 1.26 bits per heavy atom. The highest BCUT2D eigenvalue weighted by Crippen LogP contribution is 2.37. The van der Waals surface area contributed by atoms with Gasteiger partial charge in [0.1, 0.15) is 5.75 Å². The summed E-state index contributed by atoms with van der Waals surface area (Å²) in [6.45, 7) is 11.4. The number of carboxylic acid groups (broad SMARTS) is 1. The fourth-order valence-corrected chi connectivity index (χ4v) is 5.33. The SMILES string of the molecule is COc1ccc(CCN([C@H]2CCN(C(=O)O)[C@H]2CO[Si](C)(C)C(C)(C)C)[SH](=O)=O)cc1. The number of benzene rings is 1. The average molecular weight is 473 g/mol. The van der Waals surface area contributed by atoms with Crippen molar-refractivity contribution >= 4 is 25.3 Å². The van der Waals surface area contributed by atoms with Crippen LogP contribution in [0.15, 0.2) is 24.3 Å². The van der Waals surface area contributed by atoms with E-state index in [0.717, 1.165) is 11.3 Å². The molecule has 2 rings (SSSR count). The Balaban J connectivity index is 2.17. The maximum atomic E-state index is 12.1. The lowest BCUT2D eigenvalue weighted by molar-refractivity contribution is 0.105.